The Bertz CT molecular complexity index is 1160. The molecule has 0 aromatic heterocycles. The van der Waals surface area contributed by atoms with Gasteiger partial charge in [0, 0.05) is 12.8 Å². The van der Waals surface area contributed by atoms with E-state index >= 15 is 0 Å². The number of unbranched alkanes of at least 4 members (excludes halogenated alkanes) is 12. The molecule has 0 aliphatic carbocycles. The number of ether oxygens (including phenoxy) is 4. The molecule has 6 atom stereocenters. The molecular formula is C47H78O10. The smallest absolute Gasteiger partial charge is 0.306 e. The molecule has 0 aromatic rings. The van der Waals surface area contributed by atoms with Gasteiger partial charge in [0.1, 0.15) is 31.0 Å². The minimum absolute atomic E-state index is 0.203. The highest BCUT2D eigenvalue weighted by Gasteiger charge is 2.44. The number of aliphatic hydroxyl groups excluding tert-OH is 4. The Morgan fingerprint density at radius 1 is 0.544 bits per heavy atom. The number of rotatable bonds is 35. The van der Waals surface area contributed by atoms with Gasteiger partial charge in [-0.2, -0.15) is 0 Å². The molecule has 4 N–H and O–H groups in total. The lowest BCUT2D eigenvalue weighted by Crippen LogP contribution is -2.59. The van der Waals surface area contributed by atoms with E-state index in [1.807, 2.05) is 0 Å². The first-order chi connectivity index (χ1) is 27.8. The van der Waals surface area contributed by atoms with Gasteiger partial charge in [-0.3, -0.25) is 9.59 Å². The Morgan fingerprint density at radius 2 is 1.02 bits per heavy atom. The normalized spacial score (nSPS) is 21.0. The number of hydrogen-bond acceptors (Lipinski definition) is 10. The van der Waals surface area contributed by atoms with Crippen molar-refractivity contribution in [2.75, 3.05) is 19.8 Å². The molecule has 1 rings (SSSR count). The van der Waals surface area contributed by atoms with Crippen molar-refractivity contribution >= 4 is 11.9 Å². The Labute approximate surface area is 344 Å². The molecule has 1 aliphatic heterocycles. The van der Waals surface area contributed by atoms with E-state index in [9.17, 15) is 30.0 Å². The fraction of sp³-hybridized carbons (Fsp3) is 0.702. The minimum Gasteiger partial charge on any atom is -0.462 e. The largest absolute Gasteiger partial charge is 0.462 e. The van der Waals surface area contributed by atoms with E-state index < -0.39 is 55.4 Å². The van der Waals surface area contributed by atoms with Gasteiger partial charge in [0.2, 0.25) is 0 Å². The second-order valence-corrected chi connectivity index (χ2v) is 14.8. The average molecular weight is 803 g/mol. The molecule has 57 heavy (non-hydrogen) atoms. The Morgan fingerprint density at radius 3 is 1.56 bits per heavy atom. The van der Waals surface area contributed by atoms with Crippen LogP contribution in [0.4, 0.5) is 0 Å². The lowest BCUT2D eigenvalue weighted by molar-refractivity contribution is -0.305. The maximum Gasteiger partial charge on any atom is 0.306 e. The van der Waals surface area contributed by atoms with Gasteiger partial charge in [-0.25, -0.2) is 0 Å². The van der Waals surface area contributed by atoms with Crippen molar-refractivity contribution in [2.24, 2.45) is 0 Å². The van der Waals surface area contributed by atoms with E-state index in [1.54, 1.807) is 0 Å². The SMILES string of the molecule is CCC/C=C/C/C=C/C/C=C/C/C=C/CCCCCC(=O)OC[C@@H](CO[C@H]1O[C@@H](CO)[C@@H](O)C(O)C1O)OC(=O)CCCCCCC/C=C/C/C=C/CCCCC. The highest BCUT2D eigenvalue weighted by atomic mass is 16.7. The number of esters is 2. The van der Waals surface area contributed by atoms with Gasteiger partial charge in [0.15, 0.2) is 12.4 Å². The monoisotopic (exact) mass is 803 g/mol. The topological polar surface area (TPSA) is 152 Å². The first kappa shape index (κ1) is 52.2. The van der Waals surface area contributed by atoms with Crippen LogP contribution in [0.1, 0.15) is 155 Å². The molecule has 2 unspecified atom stereocenters. The van der Waals surface area contributed by atoms with Crippen molar-refractivity contribution < 1.29 is 49.0 Å². The summed E-state index contributed by atoms with van der Waals surface area (Å²) in [7, 11) is 0. The molecule has 10 heteroatoms. The second-order valence-electron chi connectivity index (χ2n) is 14.8. The number of aliphatic hydroxyl groups is 4. The molecular weight excluding hydrogens is 725 g/mol. The van der Waals surface area contributed by atoms with Crippen LogP contribution < -0.4 is 0 Å². The van der Waals surface area contributed by atoms with Gasteiger partial charge >= 0.3 is 11.9 Å². The maximum atomic E-state index is 12.8. The summed E-state index contributed by atoms with van der Waals surface area (Å²) in [5.41, 5.74) is 0. The van der Waals surface area contributed by atoms with Crippen LogP contribution in [0.15, 0.2) is 72.9 Å². The van der Waals surface area contributed by atoms with Gasteiger partial charge in [0.25, 0.3) is 0 Å². The summed E-state index contributed by atoms with van der Waals surface area (Å²) in [4.78, 5) is 25.3. The van der Waals surface area contributed by atoms with Crippen molar-refractivity contribution in [3.05, 3.63) is 72.9 Å². The Balaban J connectivity index is 2.39. The van der Waals surface area contributed by atoms with E-state index in [1.165, 1.54) is 25.7 Å². The van der Waals surface area contributed by atoms with Crippen molar-refractivity contribution in [1.29, 1.82) is 0 Å². The highest BCUT2D eigenvalue weighted by Crippen LogP contribution is 2.22. The zero-order valence-electron chi connectivity index (χ0n) is 35.3. The summed E-state index contributed by atoms with van der Waals surface area (Å²) in [6, 6.07) is 0. The van der Waals surface area contributed by atoms with Crippen LogP contribution in [0.5, 0.6) is 0 Å². The maximum absolute atomic E-state index is 12.8. The quantitative estimate of drug-likeness (QED) is 0.0277. The predicted molar refractivity (Wildman–Crippen MR) is 228 cm³/mol. The first-order valence-electron chi connectivity index (χ1n) is 22.0. The number of carbonyl (C=O) groups excluding carboxylic acids is 2. The van der Waals surface area contributed by atoms with E-state index in [0.717, 1.165) is 89.9 Å². The van der Waals surface area contributed by atoms with Crippen LogP contribution in [0, 0.1) is 0 Å². The molecule has 0 bridgehead atoms. The van der Waals surface area contributed by atoms with Crippen LogP contribution in [-0.4, -0.2) is 89.0 Å². The summed E-state index contributed by atoms with van der Waals surface area (Å²) in [5.74, 6) is -0.866. The molecule has 0 aromatic carbocycles. The predicted octanol–water partition coefficient (Wildman–Crippen LogP) is 9.22. The molecule has 1 fully saturated rings. The molecule has 0 radical (unpaired) electrons. The average Bonchev–Trinajstić information content (AvgIpc) is 3.21. The van der Waals surface area contributed by atoms with Gasteiger partial charge in [0.05, 0.1) is 13.2 Å². The van der Waals surface area contributed by atoms with Crippen molar-refractivity contribution in [3.8, 4) is 0 Å². The minimum atomic E-state index is -1.61. The van der Waals surface area contributed by atoms with Crippen LogP contribution >= 0.6 is 0 Å². The second kappa shape index (κ2) is 37.4. The lowest BCUT2D eigenvalue weighted by atomic mass is 9.99. The summed E-state index contributed by atoms with van der Waals surface area (Å²) in [6.45, 7) is 3.26. The molecule has 326 valence electrons. The number of allylic oxidation sites excluding steroid dienone is 12. The molecule has 1 saturated heterocycles. The van der Waals surface area contributed by atoms with Crippen molar-refractivity contribution in [1.82, 2.24) is 0 Å². The van der Waals surface area contributed by atoms with Crippen LogP contribution in [0.2, 0.25) is 0 Å². The fourth-order valence-electron chi connectivity index (χ4n) is 6.03. The van der Waals surface area contributed by atoms with Crippen LogP contribution in [-0.2, 0) is 28.5 Å². The van der Waals surface area contributed by atoms with E-state index in [0.29, 0.717) is 12.8 Å². The third-order valence-electron chi connectivity index (χ3n) is 9.54. The standard InChI is InChI=1S/C47H78O10/c1-3-5-7-9-11-13-15-17-19-20-22-23-25-27-29-31-33-35-42(49)54-38-40(39-55-47-46(53)45(52)44(51)41(37-48)57-47)56-43(50)36-34-32-30-28-26-24-21-18-16-14-12-10-8-6-4-2/h7,9,12-15,18-21,23,25,40-41,44-48,51-53H,3-6,8,10-11,16-17,22,24,26-39H2,1-2H3/b9-7+,14-12+,15-13+,20-19+,21-18+,25-23+/t40-,41-,44+,45?,46?,47-/m0/s1. The van der Waals surface area contributed by atoms with E-state index in [2.05, 4.69) is 86.8 Å². The number of hydrogen-bond donors (Lipinski definition) is 4. The van der Waals surface area contributed by atoms with Gasteiger partial charge in [-0.05, 0) is 83.5 Å². The van der Waals surface area contributed by atoms with E-state index in [-0.39, 0.29) is 26.1 Å². The van der Waals surface area contributed by atoms with Crippen LogP contribution in [0.3, 0.4) is 0 Å². The van der Waals surface area contributed by atoms with Crippen molar-refractivity contribution in [3.63, 3.8) is 0 Å². The number of carbonyl (C=O) groups is 2. The zero-order valence-corrected chi connectivity index (χ0v) is 35.3. The first-order valence-corrected chi connectivity index (χ1v) is 22.0. The Kier molecular flexibility index (Phi) is 34.2. The molecule has 1 aliphatic rings. The van der Waals surface area contributed by atoms with Gasteiger partial charge in [-0.15, -0.1) is 0 Å². The Hall–Kier alpha value is -2.86. The van der Waals surface area contributed by atoms with Crippen LogP contribution in [0.25, 0.3) is 0 Å². The molecule has 0 saturated carbocycles. The lowest BCUT2D eigenvalue weighted by Gasteiger charge is -2.39. The third kappa shape index (κ3) is 29.1. The highest BCUT2D eigenvalue weighted by molar-refractivity contribution is 5.70. The molecule has 1 heterocycles. The van der Waals surface area contributed by atoms with Gasteiger partial charge in [-0.1, -0.05) is 132 Å². The molecule has 0 spiro atoms. The third-order valence-corrected chi connectivity index (χ3v) is 9.54. The summed E-state index contributed by atoms with van der Waals surface area (Å²) in [5, 5.41) is 40.0. The van der Waals surface area contributed by atoms with E-state index in [4.69, 9.17) is 18.9 Å². The van der Waals surface area contributed by atoms with Crippen molar-refractivity contribution in [2.45, 2.75) is 192 Å². The zero-order chi connectivity index (χ0) is 41.6. The summed E-state index contributed by atoms with van der Waals surface area (Å²) >= 11 is 0. The summed E-state index contributed by atoms with van der Waals surface area (Å²) < 4.78 is 22.1. The molecule has 10 nitrogen and oxygen atoms in total. The fourth-order valence-corrected chi connectivity index (χ4v) is 6.03. The molecule has 0 amide bonds. The summed E-state index contributed by atoms with van der Waals surface area (Å²) in [6.07, 6.45) is 39.0. The van der Waals surface area contributed by atoms with Gasteiger partial charge < -0.3 is 39.4 Å².